The van der Waals surface area contributed by atoms with E-state index in [0.29, 0.717) is 48.8 Å². The van der Waals surface area contributed by atoms with Gasteiger partial charge in [0, 0.05) is 37.0 Å². The molecule has 3 heterocycles. The van der Waals surface area contributed by atoms with E-state index in [1.54, 1.807) is 35.5 Å². The van der Waals surface area contributed by atoms with Crippen LogP contribution < -0.4 is 9.47 Å². The number of carbonyl (C=O) groups is 1. The van der Waals surface area contributed by atoms with Crippen LogP contribution in [0, 0.1) is 0 Å². The van der Waals surface area contributed by atoms with Crippen molar-refractivity contribution >= 4 is 5.91 Å². The minimum absolute atomic E-state index is 0.0301. The van der Waals surface area contributed by atoms with Crippen molar-refractivity contribution in [2.45, 2.75) is 25.4 Å². The highest BCUT2D eigenvalue weighted by atomic mass is 19.3. The van der Waals surface area contributed by atoms with E-state index in [1.807, 2.05) is 0 Å². The van der Waals surface area contributed by atoms with Crippen molar-refractivity contribution in [3.05, 3.63) is 54.2 Å². The fraction of sp³-hybridized carbons (Fsp3) is 0.333. The van der Waals surface area contributed by atoms with Gasteiger partial charge >= 0.3 is 6.61 Å². The average molecular weight is 430 g/mol. The van der Waals surface area contributed by atoms with E-state index in [4.69, 9.17) is 9.26 Å². The second kappa shape index (κ2) is 9.07. The van der Waals surface area contributed by atoms with Crippen molar-refractivity contribution in [3.8, 4) is 22.9 Å². The van der Waals surface area contributed by atoms with E-state index < -0.39 is 6.61 Å². The number of hydrogen-bond donors (Lipinski definition) is 0. The smallest absolute Gasteiger partial charge is 0.387 e. The maximum Gasteiger partial charge on any atom is 0.387 e. The highest BCUT2D eigenvalue weighted by Gasteiger charge is 2.28. The maximum absolute atomic E-state index is 12.6. The predicted octanol–water partition coefficient (Wildman–Crippen LogP) is 3.76. The minimum atomic E-state index is -2.95. The number of piperidine rings is 1. The Morgan fingerprint density at radius 1 is 1.23 bits per heavy atom. The van der Waals surface area contributed by atoms with Crippen molar-refractivity contribution in [1.29, 1.82) is 0 Å². The highest BCUT2D eigenvalue weighted by Crippen LogP contribution is 2.34. The number of methoxy groups -OCH3 is 1. The van der Waals surface area contributed by atoms with Crippen LogP contribution >= 0.6 is 0 Å². The molecule has 1 aliphatic rings. The summed E-state index contributed by atoms with van der Waals surface area (Å²) in [5.74, 6) is 0.863. The van der Waals surface area contributed by atoms with Crippen LogP contribution in [0.5, 0.6) is 11.5 Å². The van der Waals surface area contributed by atoms with Gasteiger partial charge in [-0.3, -0.25) is 9.78 Å². The van der Waals surface area contributed by atoms with E-state index in [1.165, 1.54) is 19.2 Å². The first-order valence-corrected chi connectivity index (χ1v) is 9.71. The zero-order chi connectivity index (χ0) is 21.8. The molecule has 2 aromatic heterocycles. The first-order valence-electron chi connectivity index (χ1n) is 9.71. The zero-order valence-corrected chi connectivity index (χ0v) is 16.7. The van der Waals surface area contributed by atoms with Gasteiger partial charge in [0.1, 0.15) is 0 Å². The third-order valence-electron chi connectivity index (χ3n) is 5.12. The summed E-state index contributed by atoms with van der Waals surface area (Å²) in [5.41, 5.74) is 1.12. The number of carbonyl (C=O) groups excluding carboxylic acids is 1. The van der Waals surface area contributed by atoms with Crippen molar-refractivity contribution in [3.63, 3.8) is 0 Å². The first-order chi connectivity index (χ1) is 15.0. The number of benzene rings is 1. The summed E-state index contributed by atoms with van der Waals surface area (Å²) in [7, 11) is 1.36. The Morgan fingerprint density at radius 3 is 2.71 bits per heavy atom. The van der Waals surface area contributed by atoms with Gasteiger partial charge in [-0.15, -0.1) is 0 Å². The van der Waals surface area contributed by atoms with Crippen LogP contribution in [-0.4, -0.2) is 52.7 Å². The van der Waals surface area contributed by atoms with Crippen molar-refractivity contribution in [2.24, 2.45) is 0 Å². The Kier molecular flexibility index (Phi) is 6.06. The van der Waals surface area contributed by atoms with Crippen LogP contribution in [0.4, 0.5) is 8.78 Å². The van der Waals surface area contributed by atoms with Gasteiger partial charge < -0.3 is 18.9 Å². The van der Waals surface area contributed by atoms with Crippen molar-refractivity contribution in [2.75, 3.05) is 20.2 Å². The molecule has 4 rings (SSSR count). The van der Waals surface area contributed by atoms with Gasteiger partial charge in [-0.05, 0) is 43.2 Å². The Morgan fingerprint density at radius 2 is 2.03 bits per heavy atom. The Labute approximate surface area is 176 Å². The minimum Gasteiger partial charge on any atom is -0.493 e. The van der Waals surface area contributed by atoms with Crippen LogP contribution in [-0.2, 0) is 0 Å². The molecule has 3 aromatic rings. The summed E-state index contributed by atoms with van der Waals surface area (Å²) >= 11 is 0. The molecule has 0 radical (unpaired) electrons. The maximum atomic E-state index is 12.6. The molecular formula is C21H20F2N4O4. The van der Waals surface area contributed by atoms with Crippen LogP contribution in [0.15, 0.2) is 47.2 Å². The SMILES string of the molecule is COc1cc(-c2noc(C3CCN(C(=O)c4cccnc4)CC3)n2)ccc1OC(F)F. The molecule has 10 heteroatoms. The lowest BCUT2D eigenvalue weighted by Crippen LogP contribution is -2.38. The van der Waals surface area contributed by atoms with Crippen LogP contribution in [0.2, 0.25) is 0 Å². The molecule has 0 N–H and O–H groups in total. The number of hydrogen-bond acceptors (Lipinski definition) is 7. The van der Waals surface area contributed by atoms with E-state index in [-0.39, 0.29) is 23.3 Å². The fourth-order valence-corrected chi connectivity index (χ4v) is 3.52. The number of pyridine rings is 1. The molecule has 31 heavy (non-hydrogen) atoms. The van der Waals surface area contributed by atoms with Gasteiger partial charge in [0.05, 0.1) is 12.7 Å². The molecule has 1 aromatic carbocycles. The molecule has 0 aliphatic carbocycles. The topological polar surface area (TPSA) is 90.6 Å². The molecule has 0 spiro atoms. The third-order valence-corrected chi connectivity index (χ3v) is 5.12. The molecule has 8 nitrogen and oxygen atoms in total. The largest absolute Gasteiger partial charge is 0.493 e. The highest BCUT2D eigenvalue weighted by molar-refractivity contribution is 5.93. The molecule has 1 saturated heterocycles. The molecule has 0 atom stereocenters. The van der Waals surface area contributed by atoms with Crippen LogP contribution in [0.1, 0.15) is 35.0 Å². The van der Waals surface area contributed by atoms with E-state index in [0.717, 1.165) is 0 Å². The zero-order valence-electron chi connectivity index (χ0n) is 16.7. The van der Waals surface area contributed by atoms with E-state index in [9.17, 15) is 13.6 Å². The monoisotopic (exact) mass is 430 g/mol. The van der Waals surface area contributed by atoms with Gasteiger partial charge in [0.2, 0.25) is 11.7 Å². The number of halogens is 2. The second-order valence-corrected chi connectivity index (χ2v) is 7.01. The molecule has 1 aliphatic heterocycles. The standard InChI is InChI=1S/C21H20F2N4O4/c1-29-17-11-14(4-5-16(17)30-21(22)23)18-25-19(31-26-18)13-6-9-27(10-7-13)20(28)15-3-2-8-24-12-15/h2-5,8,11-13,21H,6-7,9-10H2,1H3. The first kappa shape index (κ1) is 20.7. The number of ether oxygens (including phenoxy) is 2. The normalized spacial score (nSPS) is 14.6. The Bertz CT molecular complexity index is 1040. The molecule has 0 saturated carbocycles. The molecule has 1 amide bonds. The molecule has 1 fully saturated rings. The molecule has 0 unspecified atom stereocenters. The molecular weight excluding hydrogens is 410 g/mol. The van der Waals surface area contributed by atoms with E-state index in [2.05, 4.69) is 19.9 Å². The fourth-order valence-electron chi connectivity index (χ4n) is 3.52. The van der Waals surface area contributed by atoms with Crippen molar-refractivity contribution < 1.29 is 27.6 Å². The van der Waals surface area contributed by atoms with Gasteiger partial charge in [-0.2, -0.15) is 13.8 Å². The second-order valence-electron chi connectivity index (χ2n) is 7.01. The predicted molar refractivity (Wildman–Crippen MR) is 105 cm³/mol. The van der Waals surface area contributed by atoms with Crippen LogP contribution in [0.25, 0.3) is 11.4 Å². The quantitative estimate of drug-likeness (QED) is 0.588. The average Bonchev–Trinajstić information content (AvgIpc) is 3.29. The number of aromatic nitrogens is 3. The lowest BCUT2D eigenvalue weighted by Gasteiger charge is -2.30. The van der Waals surface area contributed by atoms with Gasteiger partial charge in [-0.1, -0.05) is 5.16 Å². The summed E-state index contributed by atoms with van der Waals surface area (Å²) < 4.78 is 40.0. The number of amides is 1. The van der Waals surface area contributed by atoms with Gasteiger partial charge in [-0.25, -0.2) is 0 Å². The Hall–Kier alpha value is -3.56. The third kappa shape index (κ3) is 4.62. The summed E-state index contributed by atoms with van der Waals surface area (Å²) in [6, 6.07) is 7.93. The lowest BCUT2D eigenvalue weighted by molar-refractivity contribution is -0.0512. The number of rotatable bonds is 6. The number of nitrogens with zero attached hydrogens (tertiary/aromatic N) is 4. The van der Waals surface area contributed by atoms with E-state index >= 15 is 0 Å². The lowest BCUT2D eigenvalue weighted by atomic mass is 9.96. The summed E-state index contributed by atoms with van der Waals surface area (Å²) in [5, 5.41) is 4.01. The molecule has 0 bridgehead atoms. The number of alkyl halides is 2. The van der Waals surface area contributed by atoms with Gasteiger partial charge in [0.25, 0.3) is 5.91 Å². The van der Waals surface area contributed by atoms with Gasteiger partial charge in [0.15, 0.2) is 11.5 Å². The summed E-state index contributed by atoms with van der Waals surface area (Å²) in [6.45, 7) is -1.81. The summed E-state index contributed by atoms with van der Waals surface area (Å²) in [4.78, 5) is 22.8. The molecule has 162 valence electrons. The summed E-state index contributed by atoms with van der Waals surface area (Å²) in [6.07, 6.45) is 4.58. The van der Waals surface area contributed by atoms with Crippen LogP contribution in [0.3, 0.4) is 0 Å². The number of likely N-dealkylation sites (tertiary alicyclic amines) is 1. The van der Waals surface area contributed by atoms with Crippen molar-refractivity contribution in [1.82, 2.24) is 20.0 Å². The Balaban J connectivity index is 1.42.